The second kappa shape index (κ2) is 5.64. The smallest absolute Gasteiger partial charge is 0.266 e. The number of nitrogens with two attached hydrogens (primary N) is 1. The van der Waals surface area contributed by atoms with E-state index in [1.165, 1.54) is 24.2 Å². The first-order chi connectivity index (χ1) is 10.1. The zero-order chi connectivity index (χ0) is 15.0. The van der Waals surface area contributed by atoms with E-state index in [1.807, 2.05) is 24.1 Å². The lowest BCUT2D eigenvalue weighted by atomic mass is 9.87. The van der Waals surface area contributed by atoms with Gasteiger partial charge in [-0.15, -0.1) is 11.3 Å². The van der Waals surface area contributed by atoms with Crippen molar-refractivity contribution >= 4 is 33.1 Å². The summed E-state index contributed by atoms with van der Waals surface area (Å²) in [5.41, 5.74) is 7.40. The number of rotatable bonds is 2. The Morgan fingerprint density at radius 1 is 1.38 bits per heavy atom. The quantitative estimate of drug-likeness (QED) is 0.923. The number of hydrogen-bond acceptors (Lipinski definition) is 4. The average Bonchev–Trinajstić information content (AvgIpc) is 2.84. The molecule has 0 saturated heterocycles. The summed E-state index contributed by atoms with van der Waals surface area (Å²) in [6.07, 6.45) is 6.29. The van der Waals surface area contributed by atoms with Crippen LogP contribution in [0.4, 0.5) is 5.69 Å². The highest BCUT2D eigenvalue weighted by molar-refractivity contribution is 7.21. The minimum Gasteiger partial charge on any atom is -0.396 e. The van der Waals surface area contributed by atoms with Gasteiger partial charge in [-0.2, -0.15) is 0 Å². The van der Waals surface area contributed by atoms with Crippen LogP contribution in [-0.2, 0) is 0 Å². The van der Waals surface area contributed by atoms with Gasteiger partial charge in [-0.3, -0.25) is 9.78 Å². The molecule has 0 aliphatic heterocycles. The molecule has 3 rings (SSSR count). The first-order valence-corrected chi connectivity index (χ1v) is 8.29. The third-order valence-corrected chi connectivity index (χ3v) is 5.68. The fourth-order valence-electron chi connectivity index (χ4n) is 3.06. The van der Waals surface area contributed by atoms with Gasteiger partial charge in [0.05, 0.1) is 10.4 Å². The molecule has 0 atom stereocenters. The molecular weight excluding hydrogens is 282 g/mol. The molecule has 5 heteroatoms. The summed E-state index contributed by atoms with van der Waals surface area (Å²) < 4.78 is 0.976. The van der Waals surface area contributed by atoms with E-state index < -0.39 is 0 Å². The molecule has 1 saturated carbocycles. The van der Waals surface area contributed by atoms with E-state index in [0.717, 1.165) is 29.0 Å². The largest absolute Gasteiger partial charge is 0.396 e. The third-order valence-electron chi connectivity index (χ3n) is 4.53. The summed E-state index contributed by atoms with van der Waals surface area (Å²) in [6.45, 7) is 2.29. The molecule has 0 aromatic carbocycles. The number of fused-ring (bicyclic) bond motifs is 1. The molecule has 0 spiro atoms. The van der Waals surface area contributed by atoms with Crippen LogP contribution in [0.25, 0.3) is 10.2 Å². The Balaban J connectivity index is 1.84. The predicted octanol–water partition coefficient (Wildman–Crippen LogP) is 3.53. The van der Waals surface area contributed by atoms with Crippen LogP contribution >= 0.6 is 11.3 Å². The Morgan fingerprint density at radius 2 is 2.10 bits per heavy atom. The van der Waals surface area contributed by atoms with Gasteiger partial charge in [-0.25, -0.2) is 0 Å². The first-order valence-electron chi connectivity index (χ1n) is 7.48. The van der Waals surface area contributed by atoms with E-state index in [1.54, 1.807) is 6.20 Å². The molecule has 0 radical (unpaired) electrons. The fourth-order valence-corrected chi connectivity index (χ4v) is 4.13. The monoisotopic (exact) mass is 303 g/mol. The van der Waals surface area contributed by atoms with Gasteiger partial charge in [0.25, 0.3) is 5.91 Å². The van der Waals surface area contributed by atoms with Crippen LogP contribution in [0.2, 0.25) is 0 Å². The molecule has 0 unspecified atom stereocenters. The number of hydrogen-bond donors (Lipinski definition) is 1. The van der Waals surface area contributed by atoms with Crippen molar-refractivity contribution in [2.24, 2.45) is 5.92 Å². The number of amides is 1. The number of pyridine rings is 1. The molecule has 0 bridgehead atoms. The second-order valence-corrected chi connectivity index (χ2v) is 7.08. The van der Waals surface area contributed by atoms with Crippen molar-refractivity contribution < 1.29 is 4.79 Å². The van der Waals surface area contributed by atoms with Crippen molar-refractivity contribution in [1.82, 2.24) is 9.88 Å². The highest BCUT2D eigenvalue weighted by atomic mass is 32.1. The van der Waals surface area contributed by atoms with Crippen LogP contribution in [-0.4, -0.2) is 28.9 Å². The Labute approximate surface area is 129 Å². The SMILES string of the molecule is CC1CCC(N(C)C(=O)c2sc3cccnc3c2N)CC1. The predicted molar refractivity (Wildman–Crippen MR) is 87.5 cm³/mol. The molecular formula is C16H21N3OS. The molecule has 21 heavy (non-hydrogen) atoms. The van der Waals surface area contributed by atoms with Gasteiger partial charge >= 0.3 is 0 Å². The second-order valence-electron chi connectivity index (χ2n) is 6.02. The molecule has 1 amide bonds. The van der Waals surface area contributed by atoms with Crippen LogP contribution in [0.3, 0.4) is 0 Å². The van der Waals surface area contributed by atoms with Gasteiger partial charge in [0.15, 0.2) is 0 Å². The van der Waals surface area contributed by atoms with Crippen LogP contribution in [0.5, 0.6) is 0 Å². The van der Waals surface area contributed by atoms with Gasteiger partial charge in [-0.05, 0) is 43.7 Å². The van der Waals surface area contributed by atoms with Gasteiger partial charge in [0.2, 0.25) is 0 Å². The van der Waals surface area contributed by atoms with E-state index in [-0.39, 0.29) is 5.91 Å². The van der Waals surface area contributed by atoms with E-state index in [2.05, 4.69) is 11.9 Å². The summed E-state index contributed by atoms with van der Waals surface area (Å²) in [5, 5.41) is 0. The molecule has 2 N–H and O–H groups in total. The van der Waals surface area contributed by atoms with Crippen molar-refractivity contribution in [2.45, 2.75) is 38.6 Å². The molecule has 1 aliphatic carbocycles. The molecule has 2 heterocycles. The van der Waals surface area contributed by atoms with Gasteiger partial charge < -0.3 is 10.6 Å². The standard InChI is InChI=1S/C16H21N3OS/c1-10-5-7-11(8-6-10)19(2)16(20)15-13(17)14-12(21-15)4-3-9-18-14/h3-4,9-11H,5-8,17H2,1-2H3. The van der Waals surface area contributed by atoms with Crippen molar-refractivity contribution in [3.8, 4) is 0 Å². The number of aromatic nitrogens is 1. The van der Waals surface area contributed by atoms with Crippen molar-refractivity contribution in [1.29, 1.82) is 0 Å². The highest BCUT2D eigenvalue weighted by Gasteiger charge is 2.28. The van der Waals surface area contributed by atoms with Crippen molar-refractivity contribution in [2.75, 3.05) is 12.8 Å². The Morgan fingerprint density at radius 3 is 2.76 bits per heavy atom. The molecule has 4 nitrogen and oxygen atoms in total. The van der Waals surface area contributed by atoms with Crippen molar-refractivity contribution in [3.05, 3.63) is 23.2 Å². The number of carbonyl (C=O) groups is 1. The third kappa shape index (κ3) is 2.62. The van der Waals surface area contributed by atoms with Crippen LogP contribution < -0.4 is 5.73 Å². The summed E-state index contributed by atoms with van der Waals surface area (Å²) in [5.74, 6) is 0.818. The number of carbonyl (C=O) groups excluding carboxylic acids is 1. The maximum absolute atomic E-state index is 12.7. The number of nitrogens with zero attached hydrogens (tertiary/aromatic N) is 2. The Bertz CT molecular complexity index is 659. The number of nitrogen functional groups attached to an aromatic ring is 1. The maximum atomic E-state index is 12.7. The molecule has 2 aromatic heterocycles. The molecule has 1 fully saturated rings. The topological polar surface area (TPSA) is 59.2 Å². The highest BCUT2D eigenvalue weighted by Crippen LogP contribution is 2.34. The number of anilines is 1. The summed E-state index contributed by atoms with van der Waals surface area (Å²) >= 11 is 1.45. The van der Waals surface area contributed by atoms with E-state index >= 15 is 0 Å². The molecule has 1 aliphatic rings. The maximum Gasteiger partial charge on any atom is 0.266 e. The average molecular weight is 303 g/mol. The zero-order valence-electron chi connectivity index (χ0n) is 12.5. The van der Waals surface area contributed by atoms with E-state index in [9.17, 15) is 4.79 Å². The van der Waals surface area contributed by atoms with Crippen LogP contribution in [0.15, 0.2) is 18.3 Å². The zero-order valence-corrected chi connectivity index (χ0v) is 13.3. The normalized spacial score (nSPS) is 22.4. The van der Waals surface area contributed by atoms with E-state index in [4.69, 9.17) is 5.73 Å². The summed E-state index contributed by atoms with van der Waals surface area (Å²) in [6, 6.07) is 4.17. The fraction of sp³-hybridized carbons (Fsp3) is 0.500. The van der Waals surface area contributed by atoms with Gasteiger partial charge in [0.1, 0.15) is 10.4 Å². The Hall–Kier alpha value is -1.62. The minimum absolute atomic E-state index is 0.0371. The lowest BCUT2D eigenvalue weighted by Gasteiger charge is -2.33. The summed E-state index contributed by atoms with van der Waals surface area (Å²) in [7, 11) is 1.90. The summed E-state index contributed by atoms with van der Waals surface area (Å²) in [4.78, 5) is 19.5. The first kappa shape index (κ1) is 14.3. The lowest BCUT2D eigenvalue weighted by Crippen LogP contribution is -2.39. The van der Waals surface area contributed by atoms with Crippen molar-refractivity contribution in [3.63, 3.8) is 0 Å². The molecule has 2 aromatic rings. The lowest BCUT2D eigenvalue weighted by molar-refractivity contribution is 0.0685. The minimum atomic E-state index is 0.0371. The molecule has 112 valence electrons. The van der Waals surface area contributed by atoms with E-state index in [0.29, 0.717) is 16.6 Å². The van der Waals surface area contributed by atoms with Gasteiger partial charge in [-0.1, -0.05) is 6.92 Å². The number of thiophene rings is 1. The van der Waals surface area contributed by atoms with Crippen LogP contribution in [0, 0.1) is 5.92 Å². The van der Waals surface area contributed by atoms with Crippen LogP contribution in [0.1, 0.15) is 42.3 Å². The van der Waals surface area contributed by atoms with Gasteiger partial charge in [0, 0.05) is 19.3 Å². The Kier molecular flexibility index (Phi) is 3.85.